The summed E-state index contributed by atoms with van der Waals surface area (Å²) < 4.78 is 13.5. The molecule has 0 aliphatic rings. The van der Waals surface area contributed by atoms with Gasteiger partial charge in [-0.2, -0.15) is 5.10 Å². The molecule has 0 unspecified atom stereocenters. The van der Waals surface area contributed by atoms with Crippen LogP contribution in [-0.4, -0.2) is 52.2 Å². The summed E-state index contributed by atoms with van der Waals surface area (Å²) in [5.41, 5.74) is 3.39. The van der Waals surface area contributed by atoms with E-state index >= 15 is 0 Å². The maximum absolute atomic E-state index is 12.5. The Labute approximate surface area is 158 Å². The van der Waals surface area contributed by atoms with Crippen molar-refractivity contribution in [3.05, 3.63) is 40.0 Å². The number of aryl methyl sites for hydroxylation is 3. The minimum atomic E-state index is -1.06. The third kappa shape index (κ3) is 4.16. The molecule has 27 heavy (non-hydrogen) atoms. The number of ether oxygens (including phenoxy) is 2. The smallest absolute Gasteiger partial charge is 0.380 e. The number of carbonyl (C=O) groups is 3. The Morgan fingerprint density at radius 3 is 2.33 bits per heavy atom. The minimum Gasteiger partial charge on any atom is -0.451 e. The monoisotopic (exact) mass is 375 g/mol. The summed E-state index contributed by atoms with van der Waals surface area (Å²) in [6, 6.07) is 1.75. The molecule has 0 fully saturated rings. The summed E-state index contributed by atoms with van der Waals surface area (Å²) in [5, 5.41) is 4.11. The molecule has 2 heterocycles. The van der Waals surface area contributed by atoms with Crippen molar-refractivity contribution in [3.8, 4) is 0 Å². The van der Waals surface area contributed by atoms with E-state index in [4.69, 9.17) is 9.47 Å². The molecule has 0 aliphatic heterocycles. The predicted octanol–water partition coefficient (Wildman–Crippen LogP) is 1.71. The summed E-state index contributed by atoms with van der Waals surface area (Å²) in [4.78, 5) is 36.9. The van der Waals surface area contributed by atoms with Gasteiger partial charge in [0, 0.05) is 43.3 Å². The SMILES string of the molecule is COCCn1c(C)cc(C(=O)COC(=O)C(=O)c2c(C)nn(C)c2C)c1C. The molecule has 0 bridgehead atoms. The Balaban J connectivity index is 2.07. The number of ketones is 2. The van der Waals surface area contributed by atoms with E-state index in [0.717, 1.165) is 11.4 Å². The van der Waals surface area contributed by atoms with Crippen LogP contribution in [0.2, 0.25) is 0 Å². The van der Waals surface area contributed by atoms with Crippen molar-refractivity contribution in [3.63, 3.8) is 0 Å². The number of aromatic nitrogens is 3. The Bertz CT molecular complexity index is 892. The summed E-state index contributed by atoms with van der Waals surface area (Å²) in [7, 11) is 3.30. The largest absolute Gasteiger partial charge is 0.451 e. The number of carbonyl (C=O) groups excluding carboxylic acids is 3. The molecule has 2 aromatic rings. The van der Waals surface area contributed by atoms with Crippen molar-refractivity contribution in [1.29, 1.82) is 0 Å². The van der Waals surface area contributed by atoms with Gasteiger partial charge in [0.15, 0.2) is 6.61 Å². The van der Waals surface area contributed by atoms with Gasteiger partial charge in [0.1, 0.15) is 0 Å². The van der Waals surface area contributed by atoms with E-state index in [1.807, 2.05) is 18.4 Å². The molecule has 2 aromatic heterocycles. The molecule has 0 N–H and O–H groups in total. The van der Waals surface area contributed by atoms with Gasteiger partial charge in [-0.25, -0.2) is 4.79 Å². The number of rotatable bonds is 8. The molecule has 0 aliphatic carbocycles. The fraction of sp³-hybridized carbons (Fsp3) is 0.474. The molecule has 0 spiro atoms. The van der Waals surface area contributed by atoms with E-state index in [-0.39, 0.29) is 11.3 Å². The second-order valence-electron chi connectivity index (χ2n) is 6.43. The number of hydrogen-bond acceptors (Lipinski definition) is 6. The standard InChI is InChI=1S/C19H25N3O5/c1-11-9-15(13(3)22(11)7-8-26-6)16(23)10-27-19(25)18(24)17-12(2)20-21(5)14(17)4/h9H,7-8,10H2,1-6H3. The maximum Gasteiger partial charge on any atom is 0.380 e. The van der Waals surface area contributed by atoms with Crippen LogP contribution in [-0.2, 0) is 27.9 Å². The van der Waals surface area contributed by atoms with Gasteiger partial charge in [0.05, 0.1) is 17.9 Å². The molecule has 0 radical (unpaired) electrons. The minimum absolute atomic E-state index is 0.215. The summed E-state index contributed by atoms with van der Waals surface area (Å²) in [5.74, 6) is -2.21. The van der Waals surface area contributed by atoms with Crippen molar-refractivity contribution < 1.29 is 23.9 Å². The molecular weight excluding hydrogens is 350 g/mol. The zero-order valence-corrected chi connectivity index (χ0v) is 16.6. The Hall–Kier alpha value is -2.74. The topological polar surface area (TPSA) is 92.4 Å². The zero-order valence-electron chi connectivity index (χ0n) is 16.6. The first-order chi connectivity index (χ1) is 12.7. The highest BCUT2D eigenvalue weighted by molar-refractivity contribution is 6.41. The number of nitrogens with zero attached hydrogens (tertiary/aromatic N) is 3. The molecular formula is C19H25N3O5. The zero-order chi connectivity index (χ0) is 20.3. The lowest BCUT2D eigenvalue weighted by Crippen LogP contribution is -2.23. The quantitative estimate of drug-likeness (QED) is 0.396. The molecule has 8 nitrogen and oxygen atoms in total. The van der Waals surface area contributed by atoms with Crippen molar-refractivity contribution in [2.24, 2.45) is 7.05 Å². The van der Waals surface area contributed by atoms with Gasteiger partial charge in [-0.15, -0.1) is 0 Å². The summed E-state index contributed by atoms with van der Waals surface area (Å²) >= 11 is 0. The third-order valence-electron chi connectivity index (χ3n) is 4.65. The van der Waals surface area contributed by atoms with Gasteiger partial charge >= 0.3 is 5.97 Å². The van der Waals surface area contributed by atoms with Gasteiger partial charge in [-0.3, -0.25) is 14.3 Å². The van der Waals surface area contributed by atoms with Crippen molar-refractivity contribution >= 4 is 17.5 Å². The van der Waals surface area contributed by atoms with Crippen LogP contribution in [0.3, 0.4) is 0 Å². The second kappa shape index (κ2) is 8.30. The molecule has 8 heteroatoms. The van der Waals surface area contributed by atoms with Gasteiger partial charge < -0.3 is 14.0 Å². The van der Waals surface area contributed by atoms with Gasteiger partial charge in [-0.1, -0.05) is 0 Å². The Morgan fingerprint density at radius 2 is 1.78 bits per heavy atom. The highest BCUT2D eigenvalue weighted by Crippen LogP contribution is 2.17. The van der Waals surface area contributed by atoms with E-state index in [0.29, 0.717) is 30.1 Å². The van der Waals surface area contributed by atoms with Crippen LogP contribution in [0, 0.1) is 27.7 Å². The van der Waals surface area contributed by atoms with Crippen LogP contribution in [0.4, 0.5) is 0 Å². The molecule has 0 atom stereocenters. The summed E-state index contributed by atoms with van der Waals surface area (Å²) in [6.07, 6.45) is 0. The van der Waals surface area contributed by atoms with Gasteiger partial charge in [0.25, 0.3) is 5.78 Å². The molecule has 0 saturated carbocycles. The predicted molar refractivity (Wildman–Crippen MR) is 98.1 cm³/mol. The first-order valence-corrected chi connectivity index (χ1v) is 8.59. The van der Waals surface area contributed by atoms with E-state index in [1.54, 1.807) is 34.1 Å². The van der Waals surface area contributed by atoms with E-state index < -0.39 is 18.4 Å². The Kier molecular flexibility index (Phi) is 6.32. The molecule has 146 valence electrons. The van der Waals surface area contributed by atoms with E-state index in [1.165, 1.54) is 4.68 Å². The van der Waals surface area contributed by atoms with E-state index in [9.17, 15) is 14.4 Å². The van der Waals surface area contributed by atoms with Crippen LogP contribution >= 0.6 is 0 Å². The molecule has 0 saturated heterocycles. The lowest BCUT2D eigenvalue weighted by molar-refractivity contribution is -0.137. The fourth-order valence-electron chi connectivity index (χ4n) is 3.09. The normalized spacial score (nSPS) is 10.9. The van der Waals surface area contributed by atoms with Crippen molar-refractivity contribution in [2.75, 3.05) is 20.3 Å². The summed E-state index contributed by atoms with van der Waals surface area (Å²) in [6.45, 7) is 7.72. The molecule has 0 amide bonds. The lowest BCUT2D eigenvalue weighted by Gasteiger charge is -2.09. The van der Waals surface area contributed by atoms with Crippen LogP contribution in [0.1, 0.15) is 43.5 Å². The third-order valence-corrected chi connectivity index (χ3v) is 4.65. The Morgan fingerprint density at radius 1 is 1.11 bits per heavy atom. The van der Waals surface area contributed by atoms with Crippen LogP contribution in [0.5, 0.6) is 0 Å². The highest BCUT2D eigenvalue weighted by atomic mass is 16.5. The molecule has 2 rings (SSSR count). The lowest BCUT2D eigenvalue weighted by atomic mass is 10.1. The number of esters is 1. The average molecular weight is 375 g/mol. The molecule has 0 aromatic carbocycles. The highest BCUT2D eigenvalue weighted by Gasteiger charge is 2.26. The number of methoxy groups -OCH3 is 1. The van der Waals surface area contributed by atoms with Crippen LogP contribution in [0.15, 0.2) is 6.07 Å². The van der Waals surface area contributed by atoms with E-state index in [2.05, 4.69) is 5.10 Å². The van der Waals surface area contributed by atoms with Crippen LogP contribution in [0.25, 0.3) is 0 Å². The first-order valence-electron chi connectivity index (χ1n) is 8.59. The van der Waals surface area contributed by atoms with Gasteiger partial charge in [-0.05, 0) is 33.8 Å². The van der Waals surface area contributed by atoms with Crippen LogP contribution < -0.4 is 0 Å². The van der Waals surface area contributed by atoms with Crippen molar-refractivity contribution in [2.45, 2.75) is 34.2 Å². The van der Waals surface area contributed by atoms with Gasteiger partial charge in [0.2, 0.25) is 5.78 Å². The second-order valence-corrected chi connectivity index (χ2v) is 6.43. The van der Waals surface area contributed by atoms with Crippen molar-refractivity contribution in [1.82, 2.24) is 14.3 Å². The fourth-order valence-corrected chi connectivity index (χ4v) is 3.09. The maximum atomic E-state index is 12.5. The number of Topliss-reactive ketones (excluding diaryl/α,β-unsaturated/α-hetero) is 2. The number of hydrogen-bond donors (Lipinski definition) is 0. The average Bonchev–Trinajstić information content (AvgIpc) is 3.05. The first kappa shape index (κ1) is 20.6.